The van der Waals surface area contributed by atoms with Gasteiger partial charge >= 0.3 is 11.9 Å². The van der Waals surface area contributed by atoms with Crippen molar-refractivity contribution in [2.45, 2.75) is 13.3 Å². The lowest BCUT2D eigenvalue weighted by atomic mass is 9.95. The van der Waals surface area contributed by atoms with Crippen LogP contribution < -0.4 is 5.32 Å². The van der Waals surface area contributed by atoms with Gasteiger partial charge in [0.15, 0.2) is 5.78 Å². The maximum atomic E-state index is 13.3. The van der Waals surface area contributed by atoms with E-state index in [4.69, 9.17) is 4.74 Å². The van der Waals surface area contributed by atoms with Gasteiger partial charge in [0.2, 0.25) is 0 Å². The average molecular weight is 426 g/mol. The number of para-hydroxylation sites is 1. The molecule has 0 amide bonds. The van der Waals surface area contributed by atoms with Crippen LogP contribution in [-0.2, 0) is 30.5 Å². The van der Waals surface area contributed by atoms with Gasteiger partial charge in [-0.2, -0.15) is 0 Å². The molecule has 1 aliphatic rings. The first kappa shape index (κ1) is 22.5. The Morgan fingerprint density at radius 3 is 2.39 bits per heavy atom. The Hall–Kier alpha value is -3.23. The molecule has 0 radical (unpaired) electrons. The van der Waals surface area contributed by atoms with E-state index in [-0.39, 0.29) is 12.2 Å². The van der Waals surface area contributed by atoms with Gasteiger partial charge in [0.1, 0.15) is 0 Å². The van der Waals surface area contributed by atoms with Crippen molar-refractivity contribution in [2.24, 2.45) is 0 Å². The molecule has 1 saturated heterocycles. The summed E-state index contributed by atoms with van der Waals surface area (Å²) in [6.45, 7) is 5.97. The van der Waals surface area contributed by atoms with E-state index in [1.807, 2.05) is 12.1 Å². The fraction of sp³-hybridized carbons (Fsp3) is 0.348. The van der Waals surface area contributed by atoms with Crippen molar-refractivity contribution in [3.8, 4) is 0 Å². The predicted octanol–water partition coefficient (Wildman–Crippen LogP) is 2.23. The lowest BCUT2D eigenvalue weighted by Gasteiger charge is -2.26. The molecule has 0 spiro atoms. The van der Waals surface area contributed by atoms with E-state index in [0.29, 0.717) is 23.2 Å². The Morgan fingerprint density at radius 2 is 1.65 bits per heavy atom. The third kappa shape index (κ3) is 6.63. The normalized spacial score (nSPS) is 14.0. The molecule has 0 aliphatic carbocycles. The van der Waals surface area contributed by atoms with Crippen LogP contribution in [-0.4, -0.2) is 62.0 Å². The molecule has 2 aromatic carbocycles. The van der Waals surface area contributed by atoms with E-state index in [9.17, 15) is 14.4 Å². The first-order valence-corrected chi connectivity index (χ1v) is 10.2. The van der Waals surface area contributed by atoms with E-state index in [1.165, 1.54) is 0 Å². The van der Waals surface area contributed by atoms with Gasteiger partial charge in [0, 0.05) is 49.9 Å². The predicted molar refractivity (Wildman–Crippen MR) is 114 cm³/mol. The van der Waals surface area contributed by atoms with Crippen molar-refractivity contribution in [3.05, 3.63) is 65.2 Å². The fourth-order valence-corrected chi connectivity index (χ4v) is 3.34. The summed E-state index contributed by atoms with van der Waals surface area (Å²) in [7, 11) is 0. The molecule has 8 nitrogen and oxygen atoms in total. The lowest BCUT2D eigenvalue weighted by Crippen LogP contribution is -2.39. The maximum Gasteiger partial charge on any atom is 0.359 e. The Kier molecular flexibility index (Phi) is 8.14. The monoisotopic (exact) mass is 426 g/mol. The van der Waals surface area contributed by atoms with Gasteiger partial charge < -0.3 is 10.1 Å². The van der Waals surface area contributed by atoms with E-state index < -0.39 is 11.9 Å². The maximum absolute atomic E-state index is 13.3. The quantitative estimate of drug-likeness (QED) is 0.390. The highest BCUT2D eigenvalue weighted by Gasteiger charge is 2.19. The lowest BCUT2D eigenvalue weighted by molar-refractivity contribution is -0.256. The Morgan fingerprint density at radius 1 is 0.968 bits per heavy atom. The zero-order valence-corrected chi connectivity index (χ0v) is 17.5. The second-order valence-electron chi connectivity index (χ2n) is 7.12. The molecule has 0 aromatic heterocycles. The number of anilines is 1. The number of rotatable bonds is 8. The van der Waals surface area contributed by atoms with Crippen molar-refractivity contribution in [3.63, 3.8) is 0 Å². The van der Waals surface area contributed by atoms with Crippen LogP contribution in [0.5, 0.6) is 0 Å². The SMILES string of the molecule is CC(=O)OOC(=O)Cc1ccccc1C(=O)c1ccccc1NCCN1CCOCC1. The van der Waals surface area contributed by atoms with Crippen molar-refractivity contribution in [1.29, 1.82) is 0 Å². The van der Waals surface area contributed by atoms with Crippen molar-refractivity contribution in [2.75, 3.05) is 44.7 Å². The highest BCUT2D eigenvalue weighted by atomic mass is 17.2. The Bertz CT molecular complexity index is 924. The number of benzene rings is 2. The number of hydrogen-bond acceptors (Lipinski definition) is 8. The van der Waals surface area contributed by atoms with Gasteiger partial charge in [-0.05, 0) is 17.7 Å². The molecule has 0 saturated carbocycles. The minimum atomic E-state index is -0.757. The standard InChI is InChI=1S/C23H26N2O6/c1-17(26)30-31-22(27)16-18-6-2-3-7-19(18)23(28)20-8-4-5-9-21(20)24-10-11-25-12-14-29-15-13-25/h2-9,24H,10-16H2,1H3. The Labute approximate surface area is 181 Å². The average Bonchev–Trinajstić information content (AvgIpc) is 2.79. The van der Waals surface area contributed by atoms with Gasteiger partial charge in [0.05, 0.1) is 19.6 Å². The summed E-state index contributed by atoms with van der Waals surface area (Å²) in [5, 5.41) is 3.35. The van der Waals surface area contributed by atoms with Crippen molar-refractivity contribution >= 4 is 23.4 Å². The summed E-state index contributed by atoms with van der Waals surface area (Å²) < 4.78 is 5.37. The summed E-state index contributed by atoms with van der Waals surface area (Å²) in [6, 6.07) is 14.1. The van der Waals surface area contributed by atoms with E-state index >= 15 is 0 Å². The minimum absolute atomic E-state index is 0.193. The Balaban J connectivity index is 1.70. The van der Waals surface area contributed by atoms with Crippen molar-refractivity contribution in [1.82, 2.24) is 4.90 Å². The summed E-state index contributed by atoms with van der Waals surface area (Å²) in [5.74, 6) is -1.69. The molecule has 0 bridgehead atoms. The number of hydrogen-bond donors (Lipinski definition) is 1. The van der Waals surface area contributed by atoms with Crippen LogP contribution in [0.1, 0.15) is 28.4 Å². The fourth-order valence-electron chi connectivity index (χ4n) is 3.34. The number of nitrogens with zero attached hydrogens (tertiary/aromatic N) is 1. The van der Waals surface area contributed by atoms with E-state index in [2.05, 4.69) is 20.0 Å². The third-order valence-electron chi connectivity index (χ3n) is 4.87. The number of ketones is 1. The summed E-state index contributed by atoms with van der Waals surface area (Å²) in [6.07, 6.45) is -0.193. The zero-order valence-electron chi connectivity index (χ0n) is 17.5. The number of carbonyl (C=O) groups excluding carboxylic acids is 3. The van der Waals surface area contributed by atoms with Crippen LogP contribution in [0.3, 0.4) is 0 Å². The van der Waals surface area contributed by atoms with Crippen LogP contribution in [0, 0.1) is 0 Å². The van der Waals surface area contributed by atoms with E-state index in [0.717, 1.165) is 45.5 Å². The van der Waals surface area contributed by atoms with Crippen LogP contribution in [0.15, 0.2) is 48.5 Å². The molecule has 3 rings (SSSR count). The molecular weight excluding hydrogens is 400 g/mol. The van der Waals surface area contributed by atoms with E-state index in [1.54, 1.807) is 36.4 Å². The number of carbonyl (C=O) groups is 3. The molecule has 8 heteroatoms. The second-order valence-corrected chi connectivity index (χ2v) is 7.12. The van der Waals surface area contributed by atoms with Crippen LogP contribution in [0.2, 0.25) is 0 Å². The summed E-state index contributed by atoms with van der Waals surface area (Å²) in [5.41, 5.74) is 2.14. The largest absolute Gasteiger partial charge is 0.383 e. The molecule has 164 valence electrons. The number of morpholine rings is 1. The van der Waals surface area contributed by atoms with Crippen LogP contribution >= 0.6 is 0 Å². The summed E-state index contributed by atoms with van der Waals surface area (Å²) in [4.78, 5) is 47.1. The van der Waals surface area contributed by atoms with Gasteiger partial charge in [-0.15, -0.1) is 0 Å². The molecular formula is C23H26N2O6. The molecule has 0 unspecified atom stereocenters. The van der Waals surface area contributed by atoms with Crippen molar-refractivity contribution < 1.29 is 28.9 Å². The van der Waals surface area contributed by atoms with Crippen LogP contribution in [0.25, 0.3) is 0 Å². The van der Waals surface area contributed by atoms with Gasteiger partial charge in [-0.1, -0.05) is 36.4 Å². The number of nitrogens with one attached hydrogen (secondary N) is 1. The zero-order chi connectivity index (χ0) is 22.1. The molecule has 1 fully saturated rings. The van der Waals surface area contributed by atoms with Gasteiger partial charge in [0.25, 0.3) is 0 Å². The second kappa shape index (κ2) is 11.2. The molecule has 1 aliphatic heterocycles. The highest BCUT2D eigenvalue weighted by molar-refractivity contribution is 6.13. The first-order valence-electron chi connectivity index (χ1n) is 10.2. The van der Waals surface area contributed by atoms with Crippen LogP contribution in [0.4, 0.5) is 5.69 Å². The minimum Gasteiger partial charge on any atom is -0.383 e. The summed E-state index contributed by atoms with van der Waals surface area (Å²) >= 11 is 0. The number of ether oxygens (including phenoxy) is 1. The third-order valence-corrected chi connectivity index (χ3v) is 4.87. The topological polar surface area (TPSA) is 94.2 Å². The van der Waals surface area contributed by atoms with Gasteiger partial charge in [-0.25, -0.2) is 19.4 Å². The molecule has 1 heterocycles. The first-order chi connectivity index (χ1) is 15.0. The highest BCUT2D eigenvalue weighted by Crippen LogP contribution is 2.22. The molecule has 2 aromatic rings. The van der Waals surface area contributed by atoms with Gasteiger partial charge in [-0.3, -0.25) is 9.69 Å². The molecule has 31 heavy (non-hydrogen) atoms. The smallest absolute Gasteiger partial charge is 0.359 e. The molecule has 1 N–H and O–H groups in total. The molecule has 0 atom stereocenters.